The monoisotopic (exact) mass is 260 g/mol. The zero-order chi connectivity index (χ0) is 13.9. The SMILES string of the molecule is C=C(CCCCCCC)C(=O)OCc1ccccc1. The van der Waals surface area contributed by atoms with Crippen LogP contribution in [0.4, 0.5) is 0 Å². The first-order chi connectivity index (χ1) is 9.24. The average Bonchev–Trinajstić information content (AvgIpc) is 2.45. The zero-order valence-electron chi connectivity index (χ0n) is 11.9. The second-order valence-electron chi connectivity index (χ2n) is 4.83. The van der Waals surface area contributed by atoms with Crippen molar-refractivity contribution in [2.45, 2.75) is 52.1 Å². The van der Waals surface area contributed by atoms with Gasteiger partial charge in [-0.05, 0) is 18.4 Å². The Kier molecular flexibility index (Phi) is 7.64. The van der Waals surface area contributed by atoms with Crippen molar-refractivity contribution in [2.24, 2.45) is 0 Å². The minimum absolute atomic E-state index is 0.264. The maximum Gasteiger partial charge on any atom is 0.333 e. The van der Waals surface area contributed by atoms with Crippen LogP contribution in [0.2, 0.25) is 0 Å². The molecule has 0 bridgehead atoms. The van der Waals surface area contributed by atoms with Crippen molar-refractivity contribution in [3.63, 3.8) is 0 Å². The second kappa shape index (κ2) is 9.37. The van der Waals surface area contributed by atoms with E-state index in [0.29, 0.717) is 12.2 Å². The minimum atomic E-state index is -0.264. The summed E-state index contributed by atoms with van der Waals surface area (Å²) in [5.41, 5.74) is 1.60. The molecule has 0 aliphatic heterocycles. The van der Waals surface area contributed by atoms with Crippen LogP contribution < -0.4 is 0 Å². The molecule has 0 N–H and O–H groups in total. The molecule has 0 saturated heterocycles. The van der Waals surface area contributed by atoms with E-state index in [1.54, 1.807) is 0 Å². The number of hydrogen-bond donors (Lipinski definition) is 0. The zero-order valence-corrected chi connectivity index (χ0v) is 11.9. The summed E-state index contributed by atoms with van der Waals surface area (Å²) in [6.07, 6.45) is 6.68. The van der Waals surface area contributed by atoms with E-state index in [1.807, 2.05) is 30.3 Å². The van der Waals surface area contributed by atoms with Crippen LogP contribution >= 0.6 is 0 Å². The first-order valence-electron chi connectivity index (χ1n) is 7.13. The van der Waals surface area contributed by atoms with Gasteiger partial charge < -0.3 is 4.74 Å². The molecule has 0 heterocycles. The Morgan fingerprint density at radius 1 is 1.11 bits per heavy atom. The van der Waals surface area contributed by atoms with Crippen molar-refractivity contribution in [3.05, 3.63) is 48.0 Å². The van der Waals surface area contributed by atoms with Crippen LogP contribution in [0.5, 0.6) is 0 Å². The van der Waals surface area contributed by atoms with Crippen LogP contribution in [0.15, 0.2) is 42.5 Å². The van der Waals surface area contributed by atoms with Gasteiger partial charge in [-0.15, -0.1) is 0 Å². The number of benzene rings is 1. The van der Waals surface area contributed by atoms with Gasteiger partial charge in [0.1, 0.15) is 6.61 Å². The molecule has 0 aliphatic carbocycles. The van der Waals surface area contributed by atoms with E-state index in [-0.39, 0.29) is 5.97 Å². The quantitative estimate of drug-likeness (QED) is 0.367. The molecular formula is C17H24O2. The maximum atomic E-state index is 11.7. The Balaban J connectivity index is 2.16. The highest BCUT2D eigenvalue weighted by Crippen LogP contribution is 2.12. The highest BCUT2D eigenvalue weighted by atomic mass is 16.5. The molecule has 0 spiro atoms. The molecule has 19 heavy (non-hydrogen) atoms. The molecule has 0 saturated carbocycles. The van der Waals surface area contributed by atoms with Crippen molar-refractivity contribution < 1.29 is 9.53 Å². The fourth-order valence-electron chi connectivity index (χ4n) is 1.87. The standard InChI is InChI=1S/C17H24O2/c1-3-4-5-6-8-11-15(2)17(18)19-14-16-12-9-7-10-13-16/h7,9-10,12-13H,2-6,8,11,14H2,1H3. The van der Waals surface area contributed by atoms with Gasteiger partial charge in [-0.1, -0.05) is 69.5 Å². The highest BCUT2D eigenvalue weighted by molar-refractivity contribution is 5.87. The number of hydrogen-bond acceptors (Lipinski definition) is 2. The summed E-state index contributed by atoms with van der Waals surface area (Å²) in [5, 5.41) is 0. The summed E-state index contributed by atoms with van der Waals surface area (Å²) in [5.74, 6) is -0.264. The molecule has 1 aromatic carbocycles. The summed E-state index contributed by atoms with van der Waals surface area (Å²) in [6.45, 7) is 6.33. The van der Waals surface area contributed by atoms with Crippen LogP contribution in [-0.4, -0.2) is 5.97 Å². The molecule has 0 unspecified atom stereocenters. The Bertz CT molecular complexity index is 382. The van der Waals surface area contributed by atoms with Crippen molar-refractivity contribution in [1.29, 1.82) is 0 Å². The lowest BCUT2D eigenvalue weighted by molar-refractivity contribution is -0.140. The van der Waals surface area contributed by atoms with Crippen molar-refractivity contribution in [1.82, 2.24) is 0 Å². The Labute approximate surface area is 116 Å². The molecule has 2 nitrogen and oxygen atoms in total. The van der Waals surface area contributed by atoms with Crippen LogP contribution in [0, 0.1) is 0 Å². The molecule has 0 aromatic heterocycles. The Morgan fingerprint density at radius 3 is 2.47 bits per heavy atom. The third kappa shape index (κ3) is 6.80. The van der Waals surface area contributed by atoms with E-state index in [1.165, 1.54) is 25.7 Å². The van der Waals surface area contributed by atoms with Crippen molar-refractivity contribution in [2.75, 3.05) is 0 Å². The van der Waals surface area contributed by atoms with Gasteiger partial charge in [-0.25, -0.2) is 4.79 Å². The summed E-state index contributed by atoms with van der Waals surface area (Å²) in [7, 11) is 0. The summed E-state index contributed by atoms with van der Waals surface area (Å²) >= 11 is 0. The lowest BCUT2D eigenvalue weighted by Crippen LogP contribution is -2.07. The predicted molar refractivity (Wildman–Crippen MR) is 78.8 cm³/mol. The van der Waals surface area contributed by atoms with Crippen molar-refractivity contribution >= 4 is 5.97 Å². The minimum Gasteiger partial charge on any atom is -0.457 e. The number of ether oxygens (including phenoxy) is 1. The van der Waals surface area contributed by atoms with E-state index in [9.17, 15) is 4.79 Å². The summed E-state index contributed by atoms with van der Waals surface area (Å²) in [4.78, 5) is 11.7. The van der Waals surface area contributed by atoms with Gasteiger partial charge in [0.25, 0.3) is 0 Å². The maximum absolute atomic E-state index is 11.7. The molecule has 0 atom stereocenters. The lowest BCUT2D eigenvalue weighted by atomic mass is 10.1. The molecular weight excluding hydrogens is 236 g/mol. The molecule has 0 aliphatic rings. The number of carbonyl (C=O) groups excluding carboxylic acids is 1. The molecule has 104 valence electrons. The third-order valence-electron chi connectivity index (χ3n) is 3.08. The molecule has 0 fully saturated rings. The van der Waals surface area contributed by atoms with E-state index in [2.05, 4.69) is 13.5 Å². The summed E-state index contributed by atoms with van der Waals surface area (Å²) < 4.78 is 5.23. The summed E-state index contributed by atoms with van der Waals surface area (Å²) in [6, 6.07) is 9.71. The lowest BCUT2D eigenvalue weighted by Gasteiger charge is -2.07. The van der Waals surface area contributed by atoms with Crippen LogP contribution in [0.25, 0.3) is 0 Å². The highest BCUT2D eigenvalue weighted by Gasteiger charge is 2.08. The second-order valence-corrected chi connectivity index (χ2v) is 4.83. The van der Waals surface area contributed by atoms with Crippen LogP contribution in [0.3, 0.4) is 0 Å². The molecule has 1 aromatic rings. The van der Waals surface area contributed by atoms with E-state index in [4.69, 9.17) is 4.74 Å². The number of unbranched alkanes of at least 4 members (excludes halogenated alkanes) is 4. The van der Waals surface area contributed by atoms with Crippen molar-refractivity contribution in [3.8, 4) is 0 Å². The fraction of sp³-hybridized carbons (Fsp3) is 0.471. The van der Waals surface area contributed by atoms with Gasteiger partial charge in [0.05, 0.1) is 0 Å². The first kappa shape index (κ1) is 15.5. The van der Waals surface area contributed by atoms with E-state index >= 15 is 0 Å². The largest absolute Gasteiger partial charge is 0.457 e. The number of rotatable bonds is 9. The third-order valence-corrected chi connectivity index (χ3v) is 3.08. The van der Waals surface area contributed by atoms with Gasteiger partial charge >= 0.3 is 5.97 Å². The van der Waals surface area contributed by atoms with E-state index in [0.717, 1.165) is 18.4 Å². The fourth-order valence-corrected chi connectivity index (χ4v) is 1.87. The van der Waals surface area contributed by atoms with Gasteiger partial charge in [0, 0.05) is 5.57 Å². The average molecular weight is 260 g/mol. The Morgan fingerprint density at radius 2 is 1.79 bits per heavy atom. The van der Waals surface area contributed by atoms with Crippen LogP contribution in [-0.2, 0) is 16.1 Å². The molecule has 1 rings (SSSR count). The Hall–Kier alpha value is -1.57. The van der Waals surface area contributed by atoms with Gasteiger partial charge in [0.2, 0.25) is 0 Å². The number of esters is 1. The predicted octanol–water partition coefficient (Wildman–Crippen LogP) is 4.65. The molecule has 0 radical (unpaired) electrons. The van der Waals surface area contributed by atoms with Gasteiger partial charge in [-0.3, -0.25) is 0 Å². The number of carbonyl (C=O) groups is 1. The van der Waals surface area contributed by atoms with Gasteiger partial charge in [-0.2, -0.15) is 0 Å². The first-order valence-corrected chi connectivity index (χ1v) is 7.13. The normalized spacial score (nSPS) is 10.2. The van der Waals surface area contributed by atoms with Crippen LogP contribution in [0.1, 0.15) is 51.0 Å². The van der Waals surface area contributed by atoms with Gasteiger partial charge in [0.15, 0.2) is 0 Å². The molecule has 2 heteroatoms. The van der Waals surface area contributed by atoms with E-state index < -0.39 is 0 Å². The molecule has 0 amide bonds. The smallest absolute Gasteiger partial charge is 0.333 e. The topological polar surface area (TPSA) is 26.3 Å².